The van der Waals surface area contributed by atoms with Crippen molar-refractivity contribution in [1.82, 2.24) is 15.5 Å². The predicted molar refractivity (Wildman–Crippen MR) is 107 cm³/mol. The van der Waals surface area contributed by atoms with E-state index >= 15 is 0 Å². The van der Waals surface area contributed by atoms with Crippen LogP contribution in [0.3, 0.4) is 0 Å². The molecule has 1 fully saturated rings. The Bertz CT molecular complexity index is 639. The number of nitrogens with zero attached hydrogens (tertiary/aromatic N) is 1. The van der Waals surface area contributed by atoms with Crippen molar-refractivity contribution in [2.24, 2.45) is 5.92 Å². The van der Waals surface area contributed by atoms with E-state index in [1.54, 1.807) is 4.90 Å². The third-order valence-electron chi connectivity index (χ3n) is 4.59. The van der Waals surface area contributed by atoms with E-state index in [4.69, 9.17) is 0 Å². The van der Waals surface area contributed by atoms with Crippen molar-refractivity contribution >= 4 is 29.5 Å². The van der Waals surface area contributed by atoms with Crippen molar-refractivity contribution < 1.29 is 14.4 Å². The minimum absolute atomic E-state index is 0.00490. The van der Waals surface area contributed by atoms with Crippen molar-refractivity contribution in [2.75, 3.05) is 25.4 Å². The summed E-state index contributed by atoms with van der Waals surface area (Å²) in [4.78, 5) is 39.3. The van der Waals surface area contributed by atoms with E-state index in [9.17, 15) is 14.4 Å². The number of carbonyl (C=O) groups is 3. The van der Waals surface area contributed by atoms with Gasteiger partial charge in [-0.3, -0.25) is 14.4 Å². The van der Waals surface area contributed by atoms with Crippen LogP contribution in [0.2, 0.25) is 0 Å². The number of likely N-dealkylation sites (tertiary alicyclic amines) is 1. The van der Waals surface area contributed by atoms with E-state index in [0.717, 1.165) is 11.3 Å². The molecular weight excluding hydrogens is 362 g/mol. The summed E-state index contributed by atoms with van der Waals surface area (Å²) in [6.07, 6.45) is 2.23. The second-order valence-corrected chi connectivity index (χ2v) is 7.90. The lowest BCUT2D eigenvalue weighted by atomic mass is 10.0. The highest BCUT2D eigenvalue weighted by Gasteiger charge is 2.30. The topological polar surface area (TPSA) is 78.5 Å². The summed E-state index contributed by atoms with van der Waals surface area (Å²) in [6, 6.07) is 9.65. The summed E-state index contributed by atoms with van der Waals surface area (Å²) in [5, 5.41) is 5.95. The fourth-order valence-electron chi connectivity index (χ4n) is 3.11. The lowest BCUT2D eigenvalue weighted by Gasteiger charge is -2.25. The minimum Gasteiger partial charge on any atom is -0.356 e. The summed E-state index contributed by atoms with van der Waals surface area (Å²) in [5.74, 6) is -0.00818. The first-order valence-corrected chi connectivity index (χ1v) is 10.5. The maximum Gasteiger partial charge on any atom is 0.230 e. The number of hydrogen-bond donors (Lipinski definition) is 2. The Labute approximate surface area is 165 Å². The average Bonchev–Trinajstić information content (AvgIpc) is 2.88. The molecule has 2 N–H and O–H groups in total. The van der Waals surface area contributed by atoms with Crippen LogP contribution in [-0.4, -0.2) is 54.1 Å². The molecule has 1 aliphatic heterocycles. The van der Waals surface area contributed by atoms with Crippen LogP contribution < -0.4 is 10.6 Å². The van der Waals surface area contributed by atoms with Gasteiger partial charge in [0, 0.05) is 37.5 Å². The van der Waals surface area contributed by atoms with Crippen LogP contribution in [0.15, 0.2) is 35.2 Å². The standard InChI is InChI=1S/C20H29N3O3S/c1-3-11-21-20(26)16-9-10-17(13-23(12-16)15(2)24)22-19(25)14-27-18-7-5-4-6-8-18/h4-8,16-17H,3,9-14H2,1-2H3,(H,21,26)(H,22,25)/t16-,17+/m1/s1. The zero-order chi connectivity index (χ0) is 19.6. The van der Waals surface area contributed by atoms with E-state index in [1.165, 1.54) is 18.7 Å². The van der Waals surface area contributed by atoms with Gasteiger partial charge in [0.05, 0.1) is 11.7 Å². The Kier molecular flexibility index (Phi) is 8.64. The van der Waals surface area contributed by atoms with Gasteiger partial charge >= 0.3 is 0 Å². The fraction of sp³-hybridized carbons (Fsp3) is 0.550. The molecule has 148 valence electrons. The lowest BCUT2D eigenvalue weighted by Crippen LogP contribution is -2.45. The molecule has 7 heteroatoms. The molecule has 3 amide bonds. The smallest absolute Gasteiger partial charge is 0.230 e. The largest absolute Gasteiger partial charge is 0.356 e. The first kappa shape index (κ1) is 21.3. The predicted octanol–water partition coefficient (Wildman–Crippen LogP) is 2.05. The normalized spacial score (nSPS) is 19.9. The second kappa shape index (κ2) is 11.0. The van der Waals surface area contributed by atoms with Crippen molar-refractivity contribution in [3.05, 3.63) is 30.3 Å². The number of thioether (sulfide) groups is 1. The van der Waals surface area contributed by atoms with Gasteiger partial charge in [0.1, 0.15) is 0 Å². The quantitative estimate of drug-likeness (QED) is 0.698. The van der Waals surface area contributed by atoms with Crippen molar-refractivity contribution in [2.45, 2.75) is 44.0 Å². The molecule has 27 heavy (non-hydrogen) atoms. The van der Waals surface area contributed by atoms with Crippen LogP contribution >= 0.6 is 11.8 Å². The van der Waals surface area contributed by atoms with E-state index in [2.05, 4.69) is 10.6 Å². The van der Waals surface area contributed by atoms with Gasteiger partial charge in [-0.1, -0.05) is 25.1 Å². The molecule has 6 nitrogen and oxygen atoms in total. The molecule has 0 saturated carbocycles. The highest BCUT2D eigenvalue weighted by Crippen LogP contribution is 2.19. The Morgan fingerprint density at radius 3 is 2.56 bits per heavy atom. The van der Waals surface area contributed by atoms with Gasteiger partial charge in [0.25, 0.3) is 0 Å². The molecule has 0 unspecified atom stereocenters. The zero-order valence-electron chi connectivity index (χ0n) is 16.1. The summed E-state index contributed by atoms with van der Waals surface area (Å²) in [7, 11) is 0. The first-order valence-electron chi connectivity index (χ1n) is 9.50. The number of rotatable bonds is 7. The van der Waals surface area contributed by atoms with Crippen LogP contribution in [0, 0.1) is 5.92 Å². The SMILES string of the molecule is CCCNC(=O)[C@@H]1CC[C@H](NC(=O)CSc2ccccc2)CN(C(C)=O)C1. The molecule has 1 aliphatic rings. The maximum absolute atomic E-state index is 12.3. The van der Waals surface area contributed by atoms with Gasteiger partial charge in [-0.25, -0.2) is 0 Å². The molecule has 2 atom stereocenters. The monoisotopic (exact) mass is 391 g/mol. The third kappa shape index (κ3) is 7.25. The molecule has 1 aromatic rings. The van der Waals surface area contributed by atoms with E-state index < -0.39 is 0 Å². The number of amides is 3. The minimum atomic E-state index is -0.221. The first-order chi connectivity index (χ1) is 13.0. The van der Waals surface area contributed by atoms with Crippen molar-refractivity contribution in [1.29, 1.82) is 0 Å². The Hall–Kier alpha value is -2.02. The van der Waals surface area contributed by atoms with Gasteiger partial charge in [-0.2, -0.15) is 0 Å². The van der Waals surface area contributed by atoms with E-state index in [0.29, 0.717) is 38.2 Å². The molecule has 1 aromatic carbocycles. The van der Waals surface area contributed by atoms with Crippen LogP contribution in [0.1, 0.15) is 33.1 Å². The average molecular weight is 392 g/mol. The number of benzene rings is 1. The van der Waals surface area contributed by atoms with Gasteiger partial charge in [-0.15, -0.1) is 11.8 Å². The third-order valence-corrected chi connectivity index (χ3v) is 5.60. The molecule has 0 spiro atoms. The Morgan fingerprint density at radius 1 is 1.15 bits per heavy atom. The molecular formula is C20H29N3O3S. The molecule has 1 saturated heterocycles. The summed E-state index contributed by atoms with van der Waals surface area (Å²) < 4.78 is 0. The molecule has 0 bridgehead atoms. The maximum atomic E-state index is 12.3. The van der Waals surface area contributed by atoms with Gasteiger partial charge in [-0.05, 0) is 31.4 Å². The number of carbonyl (C=O) groups excluding carboxylic acids is 3. The van der Waals surface area contributed by atoms with Crippen molar-refractivity contribution in [3.63, 3.8) is 0 Å². The zero-order valence-corrected chi connectivity index (χ0v) is 16.9. The van der Waals surface area contributed by atoms with Gasteiger partial charge < -0.3 is 15.5 Å². The summed E-state index contributed by atoms with van der Waals surface area (Å²) in [5.41, 5.74) is 0. The second-order valence-electron chi connectivity index (χ2n) is 6.86. The van der Waals surface area contributed by atoms with E-state index in [1.807, 2.05) is 37.3 Å². The van der Waals surface area contributed by atoms with Crippen molar-refractivity contribution in [3.8, 4) is 0 Å². The van der Waals surface area contributed by atoms with E-state index in [-0.39, 0.29) is 29.7 Å². The summed E-state index contributed by atoms with van der Waals surface area (Å²) in [6.45, 7) is 5.03. The van der Waals surface area contributed by atoms with Crippen LogP contribution in [0.4, 0.5) is 0 Å². The Morgan fingerprint density at radius 2 is 1.89 bits per heavy atom. The molecule has 0 aliphatic carbocycles. The van der Waals surface area contributed by atoms with Gasteiger partial charge in [0.2, 0.25) is 17.7 Å². The summed E-state index contributed by atoms with van der Waals surface area (Å²) >= 11 is 1.49. The number of hydrogen-bond acceptors (Lipinski definition) is 4. The lowest BCUT2D eigenvalue weighted by molar-refractivity contribution is -0.132. The Balaban J connectivity index is 1.89. The molecule has 1 heterocycles. The highest BCUT2D eigenvalue weighted by molar-refractivity contribution is 8.00. The molecule has 0 radical (unpaired) electrons. The molecule has 2 rings (SSSR count). The van der Waals surface area contributed by atoms with Crippen LogP contribution in [-0.2, 0) is 14.4 Å². The molecule has 0 aromatic heterocycles. The van der Waals surface area contributed by atoms with Crippen LogP contribution in [0.25, 0.3) is 0 Å². The van der Waals surface area contributed by atoms with Gasteiger partial charge in [0.15, 0.2) is 0 Å². The highest BCUT2D eigenvalue weighted by atomic mass is 32.2. The van der Waals surface area contributed by atoms with Crippen LogP contribution in [0.5, 0.6) is 0 Å². The fourth-order valence-corrected chi connectivity index (χ4v) is 3.84. The number of nitrogens with one attached hydrogen (secondary N) is 2.